The fourth-order valence-electron chi connectivity index (χ4n) is 3.52. The number of nitrogens with one attached hydrogen (secondary N) is 1. The molecular formula is C25H23IN4O5S. The Bertz CT molecular complexity index is 1530. The molecular weight excluding hydrogens is 595 g/mol. The average molecular weight is 618 g/mol. The molecule has 1 aromatic heterocycles. The quantitative estimate of drug-likeness (QED) is 0.194. The summed E-state index contributed by atoms with van der Waals surface area (Å²) < 4.78 is 34.4. The number of sulfonamides is 1. The maximum Gasteiger partial charge on any atom is 0.285 e. The molecule has 11 heteroatoms. The number of hydrogen-bond donors (Lipinski definition) is 2. The summed E-state index contributed by atoms with van der Waals surface area (Å²) in [5, 5.41) is 18.5. The van der Waals surface area contributed by atoms with Crippen molar-refractivity contribution in [2.24, 2.45) is 10.2 Å². The molecule has 0 saturated heterocycles. The lowest BCUT2D eigenvalue weighted by molar-refractivity contribution is -0.116. The first-order valence-corrected chi connectivity index (χ1v) is 13.5. The van der Waals surface area contributed by atoms with Gasteiger partial charge in [-0.3, -0.25) is 9.10 Å². The van der Waals surface area contributed by atoms with E-state index >= 15 is 0 Å². The summed E-state index contributed by atoms with van der Waals surface area (Å²) in [6.07, 6.45) is 0. The maximum atomic E-state index is 13.5. The molecule has 0 saturated carbocycles. The largest absolute Gasteiger partial charge is 0.494 e. The number of aromatic nitrogens is 1. The van der Waals surface area contributed by atoms with Crippen LogP contribution < -0.4 is 9.04 Å². The van der Waals surface area contributed by atoms with Gasteiger partial charge < -0.3 is 14.8 Å². The molecule has 0 radical (unpaired) electrons. The number of aromatic hydroxyl groups is 1. The third kappa shape index (κ3) is 5.51. The fourth-order valence-corrected chi connectivity index (χ4v) is 5.43. The Labute approximate surface area is 222 Å². The van der Waals surface area contributed by atoms with Crippen molar-refractivity contribution in [2.75, 3.05) is 17.5 Å². The second kappa shape index (κ2) is 10.7. The number of aryl methyl sites for hydroxylation is 1. The predicted molar refractivity (Wildman–Crippen MR) is 146 cm³/mol. The Hall–Kier alpha value is -3.45. The summed E-state index contributed by atoms with van der Waals surface area (Å²) in [4.78, 5) is 15.6. The van der Waals surface area contributed by atoms with Gasteiger partial charge in [0.15, 0.2) is 5.69 Å². The van der Waals surface area contributed by atoms with Gasteiger partial charge in [0, 0.05) is 8.96 Å². The number of H-pyrrole nitrogens is 1. The van der Waals surface area contributed by atoms with Crippen LogP contribution in [0.4, 0.5) is 11.4 Å². The number of hydrogen-bond acceptors (Lipinski definition) is 6. The van der Waals surface area contributed by atoms with Gasteiger partial charge in [-0.2, -0.15) is 0 Å². The molecule has 0 spiro atoms. The molecule has 2 N–H and O–H groups in total. The van der Waals surface area contributed by atoms with Gasteiger partial charge in [0.1, 0.15) is 12.3 Å². The van der Waals surface area contributed by atoms with Crippen LogP contribution in [0.5, 0.6) is 11.6 Å². The van der Waals surface area contributed by atoms with Crippen LogP contribution in [-0.4, -0.2) is 37.6 Å². The van der Waals surface area contributed by atoms with Crippen LogP contribution in [0.1, 0.15) is 12.5 Å². The molecule has 1 amide bonds. The van der Waals surface area contributed by atoms with Crippen molar-refractivity contribution in [3.05, 3.63) is 75.9 Å². The maximum absolute atomic E-state index is 13.5. The van der Waals surface area contributed by atoms with Crippen molar-refractivity contribution in [1.82, 2.24) is 4.98 Å². The van der Waals surface area contributed by atoms with E-state index in [4.69, 9.17) is 4.74 Å². The number of anilines is 1. The Morgan fingerprint density at radius 3 is 2.44 bits per heavy atom. The van der Waals surface area contributed by atoms with Crippen LogP contribution in [-0.2, 0) is 14.8 Å². The van der Waals surface area contributed by atoms with E-state index in [2.05, 4.69) is 37.8 Å². The summed E-state index contributed by atoms with van der Waals surface area (Å²) in [6, 6.07) is 18.2. The third-order valence-corrected chi connectivity index (χ3v) is 7.76. The number of halogens is 1. The molecule has 1 heterocycles. The minimum atomic E-state index is -4.12. The summed E-state index contributed by atoms with van der Waals surface area (Å²) in [7, 11) is -4.12. The normalized spacial score (nSPS) is 11.8. The van der Waals surface area contributed by atoms with Gasteiger partial charge in [0.05, 0.1) is 22.7 Å². The number of fused-ring (bicyclic) bond motifs is 1. The lowest BCUT2D eigenvalue weighted by atomic mass is 10.2. The van der Waals surface area contributed by atoms with Gasteiger partial charge in [0.2, 0.25) is 5.88 Å². The number of ether oxygens (including phenoxy) is 1. The van der Waals surface area contributed by atoms with E-state index in [9.17, 15) is 18.3 Å². The SMILES string of the molecule is CCOc1ccc(S(=O)(=O)N(CC(=O)N=Nc2c(O)[nH]c3ccc(I)cc23)c2ccc(C)cc2)cc1. The van der Waals surface area contributed by atoms with Crippen molar-refractivity contribution in [1.29, 1.82) is 0 Å². The second-order valence-corrected chi connectivity index (χ2v) is 11.0. The van der Waals surface area contributed by atoms with Gasteiger partial charge in [-0.1, -0.05) is 17.7 Å². The molecule has 36 heavy (non-hydrogen) atoms. The van der Waals surface area contributed by atoms with Crippen molar-refractivity contribution >= 4 is 60.8 Å². The van der Waals surface area contributed by atoms with Crippen LogP contribution in [0.25, 0.3) is 10.9 Å². The number of amides is 1. The highest BCUT2D eigenvalue weighted by molar-refractivity contribution is 14.1. The van der Waals surface area contributed by atoms with Crippen LogP contribution in [0.15, 0.2) is 81.9 Å². The van der Waals surface area contributed by atoms with Crippen LogP contribution in [0, 0.1) is 10.5 Å². The van der Waals surface area contributed by atoms with Crippen molar-refractivity contribution in [3.63, 3.8) is 0 Å². The zero-order chi connectivity index (χ0) is 25.9. The Morgan fingerprint density at radius 1 is 1.08 bits per heavy atom. The number of nitrogens with zero attached hydrogens (tertiary/aromatic N) is 3. The molecule has 0 fully saturated rings. The van der Waals surface area contributed by atoms with Crippen LogP contribution >= 0.6 is 22.6 Å². The van der Waals surface area contributed by atoms with Gasteiger partial charge >= 0.3 is 0 Å². The minimum absolute atomic E-state index is 0.000107. The van der Waals surface area contributed by atoms with Crippen molar-refractivity contribution in [3.8, 4) is 11.6 Å². The molecule has 0 aliphatic heterocycles. The first kappa shape index (κ1) is 25.6. The monoisotopic (exact) mass is 618 g/mol. The highest BCUT2D eigenvalue weighted by Crippen LogP contribution is 2.36. The predicted octanol–water partition coefficient (Wildman–Crippen LogP) is 5.69. The third-order valence-electron chi connectivity index (χ3n) is 5.30. The summed E-state index contributed by atoms with van der Waals surface area (Å²) in [5.41, 5.74) is 1.98. The van der Waals surface area contributed by atoms with Gasteiger partial charge in [-0.05, 0) is 91.0 Å². The molecule has 0 atom stereocenters. The van der Waals surface area contributed by atoms with Crippen molar-refractivity contribution in [2.45, 2.75) is 18.7 Å². The van der Waals surface area contributed by atoms with E-state index in [0.29, 0.717) is 28.9 Å². The zero-order valence-electron chi connectivity index (χ0n) is 19.5. The van der Waals surface area contributed by atoms with E-state index in [0.717, 1.165) is 13.4 Å². The van der Waals surface area contributed by atoms with E-state index in [-0.39, 0.29) is 16.5 Å². The number of carbonyl (C=O) groups is 1. The number of carbonyl (C=O) groups excluding carboxylic acids is 1. The first-order chi connectivity index (χ1) is 17.2. The Kier molecular flexibility index (Phi) is 7.59. The Balaban J connectivity index is 1.66. The number of rotatable bonds is 8. The fraction of sp³-hybridized carbons (Fsp3) is 0.160. The van der Waals surface area contributed by atoms with Crippen LogP contribution in [0.3, 0.4) is 0 Å². The smallest absolute Gasteiger partial charge is 0.285 e. The van der Waals surface area contributed by atoms with E-state index in [1.807, 2.05) is 19.9 Å². The second-order valence-electron chi connectivity index (χ2n) is 7.86. The first-order valence-electron chi connectivity index (χ1n) is 11.0. The molecule has 3 aromatic carbocycles. The molecule has 0 aliphatic rings. The van der Waals surface area contributed by atoms with Gasteiger partial charge in [-0.25, -0.2) is 8.42 Å². The topological polar surface area (TPSA) is 124 Å². The van der Waals surface area contributed by atoms with Gasteiger partial charge in [0.25, 0.3) is 15.9 Å². The van der Waals surface area contributed by atoms with Crippen LogP contribution in [0.2, 0.25) is 0 Å². The van der Waals surface area contributed by atoms with E-state index in [1.54, 1.807) is 48.5 Å². The summed E-state index contributed by atoms with van der Waals surface area (Å²) in [6.45, 7) is 3.58. The van der Waals surface area contributed by atoms with E-state index in [1.165, 1.54) is 12.1 Å². The molecule has 0 bridgehead atoms. The summed E-state index contributed by atoms with van der Waals surface area (Å²) >= 11 is 2.13. The zero-order valence-corrected chi connectivity index (χ0v) is 22.4. The molecule has 4 aromatic rings. The lowest BCUT2D eigenvalue weighted by Crippen LogP contribution is -2.35. The molecule has 0 aliphatic carbocycles. The highest BCUT2D eigenvalue weighted by Gasteiger charge is 2.27. The van der Waals surface area contributed by atoms with Gasteiger partial charge in [-0.15, -0.1) is 10.2 Å². The highest BCUT2D eigenvalue weighted by atomic mass is 127. The standard InChI is InChI=1S/C25H23IN4O5S/c1-3-35-19-9-11-20(12-10-19)36(33,34)30(18-7-4-16(2)5-8-18)15-23(31)28-29-24-21-14-17(26)6-13-22(21)27-25(24)32/h4-14,27,32H,3,15H2,1-2H3. The number of azo groups is 1. The minimum Gasteiger partial charge on any atom is -0.494 e. The lowest BCUT2D eigenvalue weighted by Gasteiger charge is -2.23. The number of aromatic amines is 1. The molecule has 0 unspecified atom stereocenters. The van der Waals surface area contributed by atoms with E-state index < -0.39 is 22.5 Å². The molecule has 4 rings (SSSR count). The molecule has 186 valence electrons. The molecule has 9 nitrogen and oxygen atoms in total. The number of benzene rings is 3. The van der Waals surface area contributed by atoms with Crippen molar-refractivity contribution < 1.29 is 23.1 Å². The summed E-state index contributed by atoms with van der Waals surface area (Å²) in [5.74, 6) is -0.498. The Morgan fingerprint density at radius 2 is 1.78 bits per heavy atom. The average Bonchev–Trinajstić information content (AvgIpc) is 3.16.